The van der Waals surface area contributed by atoms with Crippen molar-refractivity contribution in [3.8, 4) is 0 Å². The molecule has 1 heterocycles. The number of hydrogen-bond acceptors (Lipinski definition) is 3. The van der Waals surface area contributed by atoms with Crippen LogP contribution >= 0.6 is 0 Å². The summed E-state index contributed by atoms with van der Waals surface area (Å²) < 4.78 is 5.27. The Kier molecular flexibility index (Phi) is 5.23. The van der Waals surface area contributed by atoms with Crippen molar-refractivity contribution in [2.75, 3.05) is 25.1 Å². The van der Waals surface area contributed by atoms with E-state index in [-0.39, 0.29) is 25.0 Å². The van der Waals surface area contributed by atoms with Crippen LogP contribution in [-0.4, -0.2) is 36.5 Å². The molecule has 0 bridgehead atoms. The molecular weight excluding hydrogens is 304 g/mol. The Labute approximate surface area is 141 Å². The maximum Gasteiger partial charge on any atom is 0.250 e. The van der Waals surface area contributed by atoms with E-state index in [1.165, 1.54) is 11.1 Å². The van der Waals surface area contributed by atoms with E-state index in [0.29, 0.717) is 18.8 Å². The lowest BCUT2D eigenvalue weighted by Crippen LogP contribution is -2.38. The van der Waals surface area contributed by atoms with Crippen molar-refractivity contribution in [3.05, 3.63) is 65.7 Å². The molecule has 2 aromatic rings. The van der Waals surface area contributed by atoms with Crippen molar-refractivity contribution in [2.24, 2.45) is 0 Å². The summed E-state index contributed by atoms with van der Waals surface area (Å²) in [6.45, 7) is 1.08. The average Bonchev–Trinajstić information content (AvgIpc) is 2.62. The standard InChI is InChI=1S/C19H20N2O3/c22-18(20-17-8-2-1-3-9-17)13-24-14-19(23)21-11-10-15-6-4-5-7-16(15)12-21/h1-9H,10-14H2,(H,20,22). The number of benzene rings is 2. The zero-order valence-corrected chi connectivity index (χ0v) is 13.4. The van der Waals surface area contributed by atoms with Crippen LogP contribution in [0.4, 0.5) is 5.69 Å². The maximum absolute atomic E-state index is 12.2. The van der Waals surface area contributed by atoms with E-state index in [1.54, 1.807) is 17.0 Å². The molecule has 0 unspecified atom stereocenters. The van der Waals surface area contributed by atoms with Gasteiger partial charge in [-0.05, 0) is 29.7 Å². The third-order valence-electron chi connectivity index (χ3n) is 4.00. The number of amides is 2. The van der Waals surface area contributed by atoms with E-state index in [1.807, 2.05) is 36.4 Å². The van der Waals surface area contributed by atoms with Crippen LogP contribution in [0, 0.1) is 0 Å². The molecule has 0 saturated carbocycles. The first-order valence-corrected chi connectivity index (χ1v) is 7.99. The normalized spacial score (nSPS) is 13.2. The van der Waals surface area contributed by atoms with Crippen molar-refractivity contribution in [1.29, 1.82) is 0 Å². The minimum atomic E-state index is -0.266. The molecule has 3 rings (SSSR count). The SMILES string of the molecule is O=C(COCC(=O)N1CCc2ccccc2C1)Nc1ccccc1. The van der Waals surface area contributed by atoms with Gasteiger partial charge in [-0.25, -0.2) is 0 Å². The van der Waals surface area contributed by atoms with Crippen molar-refractivity contribution >= 4 is 17.5 Å². The van der Waals surface area contributed by atoms with Gasteiger partial charge in [0.2, 0.25) is 11.8 Å². The highest BCUT2D eigenvalue weighted by atomic mass is 16.5. The van der Waals surface area contributed by atoms with Gasteiger partial charge in [-0.2, -0.15) is 0 Å². The van der Waals surface area contributed by atoms with Gasteiger partial charge in [0.05, 0.1) is 0 Å². The van der Waals surface area contributed by atoms with Gasteiger partial charge in [-0.3, -0.25) is 9.59 Å². The summed E-state index contributed by atoms with van der Waals surface area (Å²) >= 11 is 0. The molecule has 1 aliphatic heterocycles. The highest BCUT2D eigenvalue weighted by Gasteiger charge is 2.20. The molecule has 0 aromatic heterocycles. The zero-order chi connectivity index (χ0) is 16.8. The van der Waals surface area contributed by atoms with Crippen LogP contribution in [0.5, 0.6) is 0 Å². The summed E-state index contributed by atoms with van der Waals surface area (Å²) in [6, 6.07) is 17.3. The molecule has 0 spiro atoms. The lowest BCUT2D eigenvalue weighted by molar-refractivity contribution is -0.138. The smallest absolute Gasteiger partial charge is 0.250 e. The lowest BCUT2D eigenvalue weighted by Gasteiger charge is -2.28. The third-order valence-corrected chi connectivity index (χ3v) is 4.00. The van der Waals surface area contributed by atoms with Crippen LogP contribution in [0.1, 0.15) is 11.1 Å². The highest BCUT2D eigenvalue weighted by molar-refractivity contribution is 5.91. The Morgan fingerprint density at radius 3 is 2.46 bits per heavy atom. The predicted octanol–water partition coefficient (Wildman–Crippen LogP) is 2.23. The molecule has 124 valence electrons. The molecule has 24 heavy (non-hydrogen) atoms. The number of anilines is 1. The second-order valence-corrected chi connectivity index (χ2v) is 5.74. The Balaban J connectivity index is 1.42. The van der Waals surface area contributed by atoms with E-state index in [2.05, 4.69) is 11.4 Å². The van der Waals surface area contributed by atoms with Crippen LogP contribution in [0.3, 0.4) is 0 Å². The Bertz CT molecular complexity index is 716. The summed E-state index contributed by atoms with van der Waals surface area (Å²) in [4.78, 5) is 25.8. The summed E-state index contributed by atoms with van der Waals surface area (Å²) in [6.07, 6.45) is 0.858. The van der Waals surface area contributed by atoms with Crippen molar-refractivity contribution < 1.29 is 14.3 Å². The molecule has 0 fully saturated rings. The quantitative estimate of drug-likeness (QED) is 0.917. The zero-order valence-electron chi connectivity index (χ0n) is 13.4. The molecule has 0 saturated heterocycles. The molecule has 0 atom stereocenters. The molecule has 5 nitrogen and oxygen atoms in total. The fraction of sp³-hybridized carbons (Fsp3) is 0.263. The van der Waals surface area contributed by atoms with Gasteiger partial charge in [0.15, 0.2) is 0 Å². The first-order valence-electron chi connectivity index (χ1n) is 7.99. The van der Waals surface area contributed by atoms with Crippen LogP contribution in [0.15, 0.2) is 54.6 Å². The summed E-state index contributed by atoms with van der Waals surface area (Å²) in [5.41, 5.74) is 3.19. The largest absolute Gasteiger partial charge is 0.362 e. The minimum Gasteiger partial charge on any atom is -0.362 e. The predicted molar refractivity (Wildman–Crippen MR) is 91.5 cm³/mol. The molecule has 2 aromatic carbocycles. The molecule has 0 aliphatic carbocycles. The van der Waals surface area contributed by atoms with Crippen LogP contribution in [-0.2, 0) is 27.3 Å². The molecule has 1 aliphatic rings. The van der Waals surface area contributed by atoms with Gasteiger partial charge in [-0.1, -0.05) is 42.5 Å². The van der Waals surface area contributed by atoms with E-state index >= 15 is 0 Å². The number of nitrogens with zero attached hydrogens (tertiary/aromatic N) is 1. The number of fused-ring (bicyclic) bond motifs is 1. The molecule has 0 radical (unpaired) electrons. The average molecular weight is 324 g/mol. The fourth-order valence-electron chi connectivity index (χ4n) is 2.75. The first kappa shape index (κ1) is 16.2. The Morgan fingerprint density at radius 1 is 0.958 bits per heavy atom. The summed E-state index contributed by atoms with van der Waals surface area (Å²) in [5, 5.41) is 2.72. The number of hydrogen-bond donors (Lipinski definition) is 1. The molecular formula is C19H20N2O3. The molecule has 5 heteroatoms. The van der Waals surface area contributed by atoms with Crippen LogP contribution < -0.4 is 5.32 Å². The summed E-state index contributed by atoms with van der Waals surface area (Å²) in [7, 11) is 0. The number of rotatable bonds is 5. The second kappa shape index (κ2) is 7.75. The maximum atomic E-state index is 12.2. The number of ether oxygens (including phenoxy) is 1. The Hall–Kier alpha value is -2.66. The van der Waals surface area contributed by atoms with Gasteiger partial charge in [0.25, 0.3) is 0 Å². The van der Waals surface area contributed by atoms with E-state index in [9.17, 15) is 9.59 Å². The number of para-hydroxylation sites is 1. The second-order valence-electron chi connectivity index (χ2n) is 5.74. The minimum absolute atomic E-state index is 0.0790. The number of carbonyl (C=O) groups excluding carboxylic acids is 2. The van der Waals surface area contributed by atoms with Crippen LogP contribution in [0.2, 0.25) is 0 Å². The monoisotopic (exact) mass is 324 g/mol. The molecule has 2 amide bonds. The van der Waals surface area contributed by atoms with E-state index in [0.717, 1.165) is 6.42 Å². The van der Waals surface area contributed by atoms with Gasteiger partial charge in [-0.15, -0.1) is 0 Å². The van der Waals surface area contributed by atoms with Crippen molar-refractivity contribution in [2.45, 2.75) is 13.0 Å². The van der Waals surface area contributed by atoms with Gasteiger partial charge in [0, 0.05) is 18.8 Å². The number of carbonyl (C=O) groups is 2. The van der Waals surface area contributed by atoms with Gasteiger partial charge in [0.1, 0.15) is 13.2 Å². The summed E-state index contributed by atoms with van der Waals surface area (Å²) in [5.74, 6) is -0.352. The highest BCUT2D eigenvalue weighted by Crippen LogP contribution is 2.18. The third kappa shape index (κ3) is 4.20. The van der Waals surface area contributed by atoms with E-state index < -0.39 is 0 Å². The topological polar surface area (TPSA) is 58.6 Å². The fourth-order valence-corrected chi connectivity index (χ4v) is 2.75. The van der Waals surface area contributed by atoms with Crippen LogP contribution in [0.25, 0.3) is 0 Å². The number of nitrogens with one attached hydrogen (secondary N) is 1. The van der Waals surface area contributed by atoms with Crippen molar-refractivity contribution in [1.82, 2.24) is 4.90 Å². The van der Waals surface area contributed by atoms with Gasteiger partial charge < -0.3 is 15.0 Å². The lowest BCUT2D eigenvalue weighted by atomic mass is 10.00. The van der Waals surface area contributed by atoms with E-state index in [4.69, 9.17) is 4.74 Å². The Morgan fingerprint density at radius 2 is 1.67 bits per heavy atom. The molecule has 1 N–H and O–H groups in total. The van der Waals surface area contributed by atoms with Crippen molar-refractivity contribution in [3.63, 3.8) is 0 Å². The van der Waals surface area contributed by atoms with Gasteiger partial charge >= 0.3 is 0 Å². The first-order chi connectivity index (χ1) is 11.7.